The van der Waals surface area contributed by atoms with E-state index >= 15 is 0 Å². The van der Waals surface area contributed by atoms with Gasteiger partial charge in [0.05, 0.1) is 21.5 Å². The number of nitrogens with zero attached hydrogens (tertiary/aromatic N) is 3. The Balaban J connectivity index is 2.34. The van der Waals surface area contributed by atoms with Gasteiger partial charge in [0.1, 0.15) is 0 Å². The minimum atomic E-state index is -0.493. The van der Waals surface area contributed by atoms with E-state index in [4.69, 9.17) is 5.26 Å². The van der Waals surface area contributed by atoms with Gasteiger partial charge >= 0.3 is 0 Å². The van der Waals surface area contributed by atoms with Crippen LogP contribution in [0.3, 0.4) is 0 Å². The van der Waals surface area contributed by atoms with E-state index < -0.39 is 4.92 Å². The Labute approximate surface area is 113 Å². The zero-order valence-corrected chi connectivity index (χ0v) is 10.9. The van der Waals surface area contributed by atoms with Crippen molar-refractivity contribution in [3.05, 3.63) is 45.8 Å². The zero-order chi connectivity index (χ0) is 13.8. The highest BCUT2D eigenvalue weighted by Crippen LogP contribution is 2.33. The SMILES string of the molecule is CCc1cnc(Sc2ccc(C#N)cc2[N+](=O)[O-])[nH]1. The summed E-state index contributed by atoms with van der Waals surface area (Å²) in [6, 6.07) is 6.28. The number of aryl methyl sites for hydroxylation is 1. The van der Waals surface area contributed by atoms with Gasteiger partial charge in [-0.2, -0.15) is 5.26 Å². The largest absolute Gasteiger partial charge is 0.337 e. The highest BCUT2D eigenvalue weighted by Gasteiger charge is 2.17. The van der Waals surface area contributed by atoms with Gasteiger partial charge in [0.2, 0.25) is 0 Å². The van der Waals surface area contributed by atoms with Crippen molar-refractivity contribution in [2.24, 2.45) is 0 Å². The molecule has 0 bridgehead atoms. The lowest BCUT2D eigenvalue weighted by Gasteiger charge is -2.00. The molecular formula is C12H10N4O2S. The Morgan fingerprint density at radius 2 is 2.37 bits per heavy atom. The van der Waals surface area contributed by atoms with Crippen molar-refractivity contribution >= 4 is 17.4 Å². The Morgan fingerprint density at radius 1 is 1.58 bits per heavy atom. The topological polar surface area (TPSA) is 95.6 Å². The van der Waals surface area contributed by atoms with Crippen LogP contribution in [0.25, 0.3) is 0 Å². The van der Waals surface area contributed by atoms with E-state index in [-0.39, 0.29) is 11.3 Å². The van der Waals surface area contributed by atoms with Crippen LogP contribution in [0.1, 0.15) is 18.2 Å². The molecule has 0 saturated heterocycles. The van der Waals surface area contributed by atoms with Crippen molar-refractivity contribution in [3.63, 3.8) is 0 Å². The number of nitro groups is 1. The molecule has 2 rings (SSSR count). The van der Waals surface area contributed by atoms with E-state index in [1.54, 1.807) is 18.3 Å². The minimum Gasteiger partial charge on any atom is -0.337 e. The van der Waals surface area contributed by atoms with Crippen molar-refractivity contribution in [1.29, 1.82) is 5.26 Å². The summed E-state index contributed by atoms with van der Waals surface area (Å²) < 4.78 is 0. The molecule has 0 radical (unpaired) electrons. The molecule has 0 spiro atoms. The van der Waals surface area contributed by atoms with Gasteiger partial charge in [-0.25, -0.2) is 4.98 Å². The molecule has 0 aliphatic heterocycles. The number of nitrogens with one attached hydrogen (secondary N) is 1. The molecule has 0 aliphatic rings. The smallest absolute Gasteiger partial charge is 0.284 e. The van der Waals surface area contributed by atoms with Gasteiger partial charge in [0.25, 0.3) is 5.69 Å². The molecule has 7 heteroatoms. The number of aromatic amines is 1. The summed E-state index contributed by atoms with van der Waals surface area (Å²) in [5, 5.41) is 20.4. The molecule has 6 nitrogen and oxygen atoms in total. The third-order valence-electron chi connectivity index (χ3n) is 2.48. The van der Waals surface area contributed by atoms with Crippen molar-refractivity contribution in [3.8, 4) is 6.07 Å². The van der Waals surface area contributed by atoms with Gasteiger partial charge in [-0.15, -0.1) is 0 Å². The Bertz CT molecular complexity index is 660. The molecule has 1 heterocycles. The van der Waals surface area contributed by atoms with Crippen LogP contribution in [-0.2, 0) is 6.42 Å². The number of imidazole rings is 1. The van der Waals surface area contributed by atoms with Crippen molar-refractivity contribution in [1.82, 2.24) is 9.97 Å². The second-order valence-corrected chi connectivity index (χ2v) is 4.75. The van der Waals surface area contributed by atoms with Crippen LogP contribution in [0.5, 0.6) is 0 Å². The second-order valence-electron chi connectivity index (χ2n) is 3.72. The van der Waals surface area contributed by atoms with Gasteiger partial charge in [-0.1, -0.05) is 6.92 Å². The lowest BCUT2D eigenvalue weighted by molar-refractivity contribution is -0.387. The number of rotatable bonds is 4. The van der Waals surface area contributed by atoms with E-state index in [0.717, 1.165) is 12.1 Å². The lowest BCUT2D eigenvalue weighted by atomic mass is 10.2. The van der Waals surface area contributed by atoms with Crippen LogP contribution in [-0.4, -0.2) is 14.9 Å². The van der Waals surface area contributed by atoms with Gasteiger partial charge in [0.15, 0.2) is 5.16 Å². The van der Waals surface area contributed by atoms with E-state index in [2.05, 4.69) is 9.97 Å². The zero-order valence-electron chi connectivity index (χ0n) is 10.1. The third-order valence-corrected chi connectivity index (χ3v) is 3.44. The van der Waals surface area contributed by atoms with Crippen LogP contribution in [0.15, 0.2) is 34.4 Å². The van der Waals surface area contributed by atoms with Crippen LogP contribution in [0.2, 0.25) is 0 Å². The molecule has 0 saturated carbocycles. The molecule has 96 valence electrons. The highest BCUT2D eigenvalue weighted by molar-refractivity contribution is 7.99. The molecule has 0 fully saturated rings. The first-order chi connectivity index (χ1) is 9.13. The summed E-state index contributed by atoms with van der Waals surface area (Å²) in [7, 11) is 0. The van der Waals surface area contributed by atoms with Crippen molar-refractivity contribution in [2.45, 2.75) is 23.4 Å². The first-order valence-corrected chi connectivity index (χ1v) is 6.36. The van der Waals surface area contributed by atoms with Gasteiger partial charge < -0.3 is 4.98 Å². The highest BCUT2D eigenvalue weighted by atomic mass is 32.2. The maximum absolute atomic E-state index is 11.0. The summed E-state index contributed by atoms with van der Waals surface area (Å²) in [4.78, 5) is 18.2. The summed E-state index contributed by atoms with van der Waals surface area (Å²) >= 11 is 1.18. The summed E-state index contributed by atoms with van der Waals surface area (Å²) in [5.41, 5.74) is 1.15. The molecule has 0 amide bonds. The maximum atomic E-state index is 11.0. The summed E-state index contributed by atoms with van der Waals surface area (Å²) in [6.07, 6.45) is 2.53. The van der Waals surface area contributed by atoms with E-state index in [0.29, 0.717) is 10.1 Å². The average Bonchev–Trinajstić information content (AvgIpc) is 2.86. The molecule has 2 aromatic rings. The molecule has 1 aromatic heterocycles. The van der Waals surface area contributed by atoms with Crippen molar-refractivity contribution < 1.29 is 4.92 Å². The molecular weight excluding hydrogens is 264 g/mol. The van der Waals surface area contributed by atoms with Gasteiger partial charge in [-0.3, -0.25) is 10.1 Å². The normalized spacial score (nSPS) is 10.1. The third kappa shape index (κ3) is 2.92. The molecule has 1 N–H and O–H groups in total. The van der Waals surface area contributed by atoms with Gasteiger partial charge in [-0.05, 0) is 30.3 Å². The first kappa shape index (κ1) is 13.1. The fourth-order valence-electron chi connectivity index (χ4n) is 1.49. The lowest BCUT2D eigenvalue weighted by Crippen LogP contribution is -1.92. The number of benzene rings is 1. The number of aromatic nitrogens is 2. The molecule has 0 unspecified atom stereocenters. The van der Waals surface area contributed by atoms with E-state index in [9.17, 15) is 10.1 Å². The number of hydrogen-bond acceptors (Lipinski definition) is 5. The standard InChI is InChI=1S/C12H10N4O2S/c1-2-9-7-14-12(15-9)19-11-4-3-8(6-13)5-10(11)16(17)18/h3-5,7H,2H2,1H3,(H,14,15). The van der Waals surface area contributed by atoms with Crippen LogP contribution >= 0.6 is 11.8 Å². The Kier molecular flexibility index (Phi) is 3.82. The fraction of sp³-hybridized carbons (Fsp3) is 0.167. The summed E-state index contributed by atoms with van der Waals surface area (Å²) in [5.74, 6) is 0. The number of nitro benzene ring substituents is 1. The quantitative estimate of drug-likeness (QED) is 0.683. The fourth-order valence-corrected chi connectivity index (χ4v) is 2.36. The maximum Gasteiger partial charge on any atom is 0.284 e. The number of hydrogen-bond donors (Lipinski definition) is 1. The Morgan fingerprint density at radius 3 is 2.95 bits per heavy atom. The average molecular weight is 274 g/mol. The minimum absolute atomic E-state index is 0.0847. The first-order valence-electron chi connectivity index (χ1n) is 5.54. The monoisotopic (exact) mass is 274 g/mol. The second kappa shape index (κ2) is 5.54. The van der Waals surface area contributed by atoms with Gasteiger partial charge in [0, 0.05) is 18.0 Å². The van der Waals surface area contributed by atoms with Crippen molar-refractivity contribution in [2.75, 3.05) is 0 Å². The molecule has 0 atom stereocenters. The van der Waals surface area contributed by atoms with Crippen LogP contribution in [0, 0.1) is 21.4 Å². The predicted molar refractivity (Wildman–Crippen MR) is 69.9 cm³/mol. The van der Waals surface area contributed by atoms with Crippen LogP contribution < -0.4 is 0 Å². The molecule has 1 aromatic carbocycles. The van der Waals surface area contributed by atoms with E-state index in [1.807, 2.05) is 13.0 Å². The number of H-pyrrole nitrogens is 1. The molecule has 0 aliphatic carbocycles. The Hall–Kier alpha value is -2.33. The molecule has 19 heavy (non-hydrogen) atoms. The van der Waals surface area contributed by atoms with Crippen LogP contribution in [0.4, 0.5) is 5.69 Å². The van der Waals surface area contributed by atoms with E-state index in [1.165, 1.54) is 17.8 Å². The number of nitriles is 1. The summed E-state index contributed by atoms with van der Waals surface area (Å²) in [6.45, 7) is 1.99. The predicted octanol–water partition coefficient (Wildman–Crippen LogP) is 2.90.